The molecule has 0 saturated heterocycles. The number of aliphatic carboxylic acids is 1. The second-order valence-corrected chi connectivity index (χ2v) is 1.19. The smallest absolute Gasteiger partial charge is 0.343 e. The molecule has 46 valence electrons. The zero-order chi connectivity index (χ0) is 6.57. The van der Waals surface area contributed by atoms with Crippen molar-refractivity contribution < 1.29 is 9.90 Å². The van der Waals surface area contributed by atoms with E-state index in [1.807, 2.05) is 0 Å². The predicted molar refractivity (Wildman–Crippen MR) is 29.8 cm³/mol. The van der Waals surface area contributed by atoms with Crippen LogP contribution in [0.2, 0.25) is 0 Å². The molecule has 4 heteroatoms. The summed E-state index contributed by atoms with van der Waals surface area (Å²) in [7, 11) is 0. The first-order valence-corrected chi connectivity index (χ1v) is 2.14. The summed E-state index contributed by atoms with van der Waals surface area (Å²) in [5.74, 6) is -1.11. The van der Waals surface area contributed by atoms with Gasteiger partial charge in [0.15, 0.2) is 6.17 Å². The first-order valence-electron chi connectivity index (χ1n) is 2.14. The number of nitrogens with two attached hydrogens (primary N) is 1. The van der Waals surface area contributed by atoms with Crippen molar-refractivity contribution in [2.24, 2.45) is 10.7 Å². The van der Waals surface area contributed by atoms with Crippen LogP contribution in [0.3, 0.4) is 0 Å². The van der Waals surface area contributed by atoms with Gasteiger partial charge < -0.3 is 10.8 Å². The van der Waals surface area contributed by atoms with E-state index < -0.39 is 12.1 Å². The minimum Gasteiger partial charge on any atom is -0.479 e. The fourth-order valence-corrected chi connectivity index (χ4v) is 0.224. The maximum absolute atomic E-state index is 9.85. The molecule has 0 spiro atoms. The largest absolute Gasteiger partial charge is 0.479 e. The molecule has 0 amide bonds. The molecule has 0 aliphatic rings. The molecule has 0 rings (SSSR count). The molecule has 0 bridgehead atoms. The van der Waals surface area contributed by atoms with Gasteiger partial charge in [-0.15, -0.1) is 0 Å². The van der Waals surface area contributed by atoms with E-state index in [1.54, 1.807) is 6.92 Å². The van der Waals surface area contributed by atoms with Crippen LogP contribution in [-0.4, -0.2) is 23.5 Å². The molecule has 4 nitrogen and oxygen atoms in total. The standard InChI is InChI=1S/C4H8N2O2/c1-2-6-3(5)4(7)8/h2-3H,5H2,1H3,(H,7,8). The van der Waals surface area contributed by atoms with Crippen molar-refractivity contribution in [1.29, 1.82) is 0 Å². The quantitative estimate of drug-likeness (QED) is 0.475. The summed E-state index contributed by atoms with van der Waals surface area (Å²) in [6.07, 6.45) is 0.263. The molecule has 0 aromatic carbocycles. The van der Waals surface area contributed by atoms with E-state index in [0.29, 0.717) is 0 Å². The molecule has 1 atom stereocenters. The summed E-state index contributed by atoms with van der Waals surface area (Å²) in [4.78, 5) is 13.2. The van der Waals surface area contributed by atoms with Gasteiger partial charge in [-0.05, 0) is 13.1 Å². The highest BCUT2D eigenvalue weighted by molar-refractivity contribution is 5.74. The van der Waals surface area contributed by atoms with Crippen LogP contribution in [0, 0.1) is 0 Å². The number of rotatable bonds is 2. The Kier molecular flexibility index (Phi) is 2.79. The van der Waals surface area contributed by atoms with Crippen molar-refractivity contribution in [2.75, 3.05) is 0 Å². The van der Waals surface area contributed by atoms with Crippen molar-refractivity contribution in [2.45, 2.75) is 13.1 Å². The Morgan fingerprint density at radius 2 is 2.50 bits per heavy atom. The van der Waals surface area contributed by atoms with Gasteiger partial charge in [0, 0.05) is 0 Å². The lowest BCUT2D eigenvalue weighted by Crippen LogP contribution is -2.27. The molecule has 8 heavy (non-hydrogen) atoms. The zero-order valence-corrected chi connectivity index (χ0v) is 4.53. The Morgan fingerprint density at radius 3 is 2.62 bits per heavy atom. The summed E-state index contributed by atoms with van der Waals surface area (Å²) in [6, 6.07) is 0. The van der Waals surface area contributed by atoms with Gasteiger partial charge in [-0.2, -0.15) is 0 Å². The number of carboxylic acids is 1. The van der Waals surface area contributed by atoms with Crippen LogP contribution < -0.4 is 5.73 Å². The maximum Gasteiger partial charge on any atom is 0.343 e. The molecule has 0 aliphatic carbocycles. The highest BCUT2D eigenvalue weighted by Gasteiger charge is 2.05. The third-order valence-electron chi connectivity index (χ3n) is 0.563. The minimum atomic E-state index is -1.11. The summed E-state index contributed by atoms with van der Waals surface area (Å²) >= 11 is 0. The van der Waals surface area contributed by atoms with E-state index in [2.05, 4.69) is 4.99 Å². The van der Waals surface area contributed by atoms with Gasteiger partial charge in [0.2, 0.25) is 0 Å². The van der Waals surface area contributed by atoms with Gasteiger partial charge in [-0.25, -0.2) is 4.79 Å². The highest BCUT2D eigenvalue weighted by atomic mass is 16.4. The van der Waals surface area contributed by atoms with Gasteiger partial charge in [0.05, 0.1) is 0 Å². The molecule has 1 unspecified atom stereocenters. The van der Waals surface area contributed by atoms with E-state index >= 15 is 0 Å². The number of aliphatic imine (C=N–C) groups is 1. The monoisotopic (exact) mass is 116 g/mol. The van der Waals surface area contributed by atoms with Crippen molar-refractivity contribution in [3.05, 3.63) is 0 Å². The Bertz CT molecular complexity index is 111. The van der Waals surface area contributed by atoms with E-state index in [9.17, 15) is 4.79 Å². The van der Waals surface area contributed by atoms with Crippen LogP contribution in [0.25, 0.3) is 0 Å². The summed E-state index contributed by atoms with van der Waals surface area (Å²) < 4.78 is 0. The van der Waals surface area contributed by atoms with E-state index in [4.69, 9.17) is 10.8 Å². The van der Waals surface area contributed by atoms with Crippen LogP contribution >= 0.6 is 0 Å². The average Bonchev–Trinajstić information content (AvgIpc) is 1.67. The van der Waals surface area contributed by atoms with Crippen molar-refractivity contribution in [1.82, 2.24) is 0 Å². The molecule has 0 radical (unpaired) electrons. The molecular formula is C4H8N2O2. The lowest BCUT2D eigenvalue weighted by Gasteiger charge is -1.94. The highest BCUT2D eigenvalue weighted by Crippen LogP contribution is 1.76. The molecule has 0 saturated carbocycles. The first kappa shape index (κ1) is 7.10. The van der Waals surface area contributed by atoms with Gasteiger partial charge in [0.1, 0.15) is 0 Å². The van der Waals surface area contributed by atoms with Crippen LogP contribution in [0.5, 0.6) is 0 Å². The molecule has 0 heterocycles. The Labute approximate surface area is 47.0 Å². The number of hydrogen-bond acceptors (Lipinski definition) is 3. The lowest BCUT2D eigenvalue weighted by atomic mass is 10.5. The van der Waals surface area contributed by atoms with E-state index in [-0.39, 0.29) is 0 Å². The Balaban J connectivity index is 3.64. The Morgan fingerprint density at radius 1 is 2.00 bits per heavy atom. The van der Waals surface area contributed by atoms with Crippen LogP contribution in [-0.2, 0) is 4.79 Å². The predicted octanol–water partition coefficient (Wildman–Crippen LogP) is -0.553. The molecule has 0 aromatic rings. The summed E-state index contributed by atoms with van der Waals surface area (Å²) in [6.45, 7) is 1.61. The molecule has 3 N–H and O–H groups in total. The number of nitrogens with zero attached hydrogens (tertiary/aromatic N) is 1. The number of carbonyl (C=O) groups is 1. The van der Waals surface area contributed by atoms with Gasteiger partial charge in [0.25, 0.3) is 0 Å². The molecule has 0 aliphatic heterocycles. The lowest BCUT2D eigenvalue weighted by molar-refractivity contribution is -0.138. The molecule has 0 fully saturated rings. The summed E-state index contributed by atoms with van der Waals surface area (Å²) in [5.41, 5.74) is 4.93. The Hall–Kier alpha value is -0.900. The van der Waals surface area contributed by atoms with Crippen molar-refractivity contribution >= 4 is 12.2 Å². The fourth-order valence-electron chi connectivity index (χ4n) is 0.224. The van der Waals surface area contributed by atoms with Gasteiger partial charge in [-0.3, -0.25) is 4.99 Å². The maximum atomic E-state index is 9.85. The van der Waals surface area contributed by atoms with E-state index in [0.717, 1.165) is 0 Å². The van der Waals surface area contributed by atoms with Gasteiger partial charge >= 0.3 is 5.97 Å². The fraction of sp³-hybridized carbons (Fsp3) is 0.500. The van der Waals surface area contributed by atoms with Crippen molar-refractivity contribution in [3.63, 3.8) is 0 Å². The second-order valence-electron chi connectivity index (χ2n) is 1.19. The van der Waals surface area contributed by atoms with E-state index in [1.165, 1.54) is 6.21 Å². The third-order valence-corrected chi connectivity index (χ3v) is 0.563. The average molecular weight is 116 g/mol. The first-order chi connectivity index (χ1) is 3.68. The molecular weight excluding hydrogens is 108 g/mol. The zero-order valence-electron chi connectivity index (χ0n) is 4.53. The SMILES string of the molecule is CC=NC(N)C(=O)O. The van der Waals surface area contributed by atoms with Crippen LogP contribution in [0.15, 0.2) is 4.99 Å². The topological polar surface area (TPSA) is 75.7 Å². The number of carboxylic acid groups (broad SMARTS) is 1. The third kappa shape index (κ3) is 2.30. The van der Waals surface area contributed by atoms with Crippen LogP contribution in [0.1, 0.15) is 6.92 Å². The normalized spacial score (nSPS) is 14.2. The minimum absolute atomic E-state index is 1.10. The second kappa shape index (κ2) is 3.15. The van der Waals surface area contributed by atoms with Gasteiger partial charge in [-0.1, -0.05) is 0 Å². The number of hydrogen-bond donors (Lipinski definition) is 2. The van der Waals surface area contributed by atoms with Crippen molar-refractivity contribution in [3.8, 4) is 0 Å². The van der Waals surface area contributed by atoms with Crippen LogP contribution in [0.4, 0.5) is 0 Å². The summed E-state index contributed by atoms with van der Waals surface area (Å²) in [5, 5.41) is 8.07. The molecule has 0 aromatic heterocycles.